The monoisotopic (exact) mass is 539 g/mol. The molecule has 1 heterocycles. The number of hydrogen-bond acceptors (Lipinski definition) is 4. The molecule has 5 aromatic rings. The van der Waals surface area contributed by atoms with Gasteiger partial charge in [0.15, 0.2) is 5.16 Å². The van der Waals surface area contributed by atoms with Crippen molar-refractivity contribution in [2.75, 3.05) is 5.32 Å². The van der Waals surface area contributed by atoms with Gasteiger partial charge in [-0.2, -0.15) is 0 Å². The molecular formula is C31H26ClN3O2S. The van der Waals surface area contributed by atoms with Crippen molar-refractivity contribution < 1.29 is 4.79 Å². The first kappa shape index (κ1) is 25.8. The lowest BCUT2D eigenvalue weighted by molar-refractivity contribution is -0.115. The van der Waals surface area contributed by atoms with Crippen molar-refractivity contribution in [3.05, 3.63) is 129 Å². The van der Waals surface area contributed by atoms with E-state index in [1.165, 1.54) is 17.3 Å². The van der Waals surface area contributed by atoms with E-state index in [0.29, 0.717) is 32.5 Å². The van der Waals surface area contributed by atoms with E-state index in [1.807, 2.05) is 91.9 Å². The maximum Gasteiger partial charge on any atom is 0.266 e. The van der Waals surface area contributed by atoms with Crippen molar-refractivity contribution in [1.29, 1.82) is 0 Å². The standard InChI is InChI=1S/C31H26ClN3O2S/c1-3-21-14-17-24(18-15-21)35-30(37)25-11-7-8-12-27(25)34-31(35)38-28(22-9-5-4-6-10-22)29(36)33-23-16-13-20(2)26(32)19-23/h4-19,28H,3H2,1-2H3,(H,33,36). The van der Waals surface area contributed by atoms with Crippen LogP contribution in [0.15, 0.2) is 107 Å². The predicted octanol–water partition coefficient (Wildman–Crippen LogP) is 7.38. The SMILES string of the molecule is CCc1ccc(-n2c(SC(C(=O)Nc3ccc(C)c(Cl)c3)c3ccccc3)nc3ccccc3c2=O)cc1. The molecule has 5 nitrogen and oxygen atoms in total. The maximum absolute atomic E-state index is 13.7. The number of fused-ring (bicyclic) bond motifs is 1. The molecule has 0 spiro atoms. The molecule has 0 aliphatic carbocycles. The van der Waals surface area contributed by atoms with Crippen LogP contribution in [0, 0.1) is 6.92 Å². The third-order valence-electron chi connectivity index (χ3n) is 6.35. The number of thioether (sulfide) groups is 1. The molecule has 38 heavy (non-hydrogen) atoms. The van der Waals surface area contributed by atoms with Crippen molar-refractivity contribution in [3.63, 3.8) is 0 Å². The Bertz CT molecular complexity index is 1670. The molecule has 1 N–H and O–H groups in total. The van der Waals surface area contributed by atoms with Crippen LogP contribution in [0.4, 0.5) is 5.69 Å². The van der Waals surface area contributed by atoms with Gasteiger partial charge in [0.2, 0.25) is 5.91 Å². The molecule has 1 unspecified atom stereocenters. The molecule has 7 heteroatoms. The number of benzene rings is 4. The number of aryl methyl sites for hydroxylation is 2. The molecule has 0 radical (unpaired) electrons. The molecule has 1 aromatic heterocycles. The van der Waals surface area contributed by atoms with E-state index < -0.39 is 5.25 Å². The molecule has 0 saturated carbocycles. The molecule has 4 aromatic carbocycles. The maximum atomic E-state index is 13.7. The quantitative estimate of drug-likeness (QED) is 0.173. The Morgan fingerprint density at radius 1 is 0.974 bits per heavy atom. The van der Waals surface area contributed by atoms with Crippen molar-refractivity contribution >= 4 is 45.9 Å². The zero-order chi connectivity index (χ0) is 26.6. The Balaban J connectivity index is 1.62. The number of aromatic nitrogens is 2. The first-order valence-electron chi connectivity index (χ1n) is 12.3. The number of para-hydroxylation sites is 1. The molecule has 0 aliphatic heterocycles. The minimum atomic E-state index is -0.675. The van der Waals surface area contributed by atoms with Gasteiger partial charge in [0.25, 0.3) is 5.56 Å². The summed E-state index contributed by atoms with van der Waals surface area (Å²) < 4.78 is 1.60. The summed E-state index contributed by atoms with van der Waals surface area (Å²) in [5, 5.41) is 3.85. The van der Waals surface area contributed by atoms with E-state index in [1.54, 1.807) is 16.7 Å². The minimum Gasteiger partial charge on any atom is -0.325 e. The Hall–Kier alpha value is -3.87. The number of carbonyl (C=O) groups excluding carboxylic acids is 1. The molecule has 5 rings (SSSR count). The average Bonchev–Trinajstić information content (AvgIpc) is 2.94. The second-order valence-corrected chi connectivity index (χ2v) is 10.4. The molecule has 1 atom stereocenters. The fraction of sp³-hybridized carbons (Fsp3) is 0.129. The van der Waals surface area contributed by atoms with E-state index in [9.17, 15) is 9.59 Å². The Morgan fingerprint density at radius 3 is 2.39 bits per heavy atom. The summed E-state index contributed by atoms with van der Waals surface area (Å²) in [4.78, 5) is 32.3. The molecular weight excluding hydrogens is 514 g/mol. The fourth-order valence-electron chi connectivity index (χ4n) is 4.18. The summed E-state index contributed by atoms with van der Waals surface area (Å²) >= 11 is 7.55. The Labute approximate surface area is 230 Å². The van der Waals surface area contributed by atoms with Crippen molar-refractivity contribution in [1.82, 2.24) is 9.55 Å². The highest BCUT2D eigenvalue weighted by Crippen LogP contribution is 2.36. The molecule has 1 amide bonds. The predicted molar refractivity (Wildman–Crippen MR) is 157 cm³/mol. The van der Waals surface area contributed by atoms with Crippen LogP contribution in [0.2, 0.25) is 5.02 Å². The van der Waals surface area contributed by atoms with Crippen LogP contribution in [-0.4, -0.2) is 15.5 Å². The fourth-order valence-corrected chi connectivity index (χ4v) is 5.48. The van der Waals surface area contributed by atoms with Gasteiger partial charge in [-0.05, 0) is 66.4 Å². The van der Waals surface area contributed by atoms with Crippen LogP contribution in [0.1, 0.15) is 28.9 Å². The van der Waals surface area contributed by atoms with Crippen LogP contribution >= 0.6 is 23.4 Å². The molecule has 0 saturated heterocycles. The Morgan fingerprint density at radius 2 is 1.68 bits per heavy atom. The van der Waals surface area contributed by atoms with E-state index >= 15 is 0 Å². The van der Waals surface area contributed by atoms with Gasteiger partial charge >= 0.3 is 0 Å². The number of anilines is 1. The number of carbonyl (C=O) groups is 1. The van der Waals surface area contributed by atoms with Gasteiger partial charge in [-0.3, -0.25) is 14.2 Å². The summed E-state index contributed by atoms with van der Waals surface area (Å²) in [6.07, 6.45) is 0.895. The highest BCUT2D eigenvalue weighted by atomic mass is 35.5. The highest BCUT2D eigenvalue weighted by molar-refractivity contribution is 8.00. The van der Waals surface area contributed by atoms with Gasteiger partial charge in [0, 0.05) is 10.7 Å². The van der Waals surface area contributed by atoms with Gasteiger partial charge in [0.05, 0.1) is 16.6 Å². The lowest BCUT2D eigenvalue weighted by atomic mass is 10.1. The van der Waals surface area contributed by atoms with Gasteiger partial charge in [-0.15, -0.1) is 0 Å². The number of halogens is 1. The van der Waals surface area contributed by atoms with Crippen LogP contribution < -0.4 is 10.9 Å². The minimum absolute atomic E-state index is 0.181. The normalized spacial score (nSPS) is 11.9. The van der Waals surface area contributed by atoms with Crippen LogP contribution in [0.25, 0.3) is 16.6 Å². The molecule has 0 bridgehead atoms. The van der Waals surface area contributed by atoms with E-state index in [0.717, 1.165) is 17.5 Å². The molecule has 0 aliphatic rings. The van der Waals surface area contributed by atoms with Gasteiger partial charge in [0.1, 0.15) is 5.25 Å². The lowest BCUT2D eigenvalue weighted by Crippen LogP contribution is -2.24. The van der Waals surface area contributed by atoms with Crippen LogP contribution in [0.5, 0.6) is 0 Å². The topological polar surface area (TPSA) is 64.0 Å². The van der Waals surface area contributed by atoms with Crippen LogP contribution in [-0.2, 0) is 11.2 Å². The largest absolute Gasteiger partial charge is 0.325 e. The number of rotatable bonds is 7. The van der Waals surface area contributed by atoms with Crippen molar-refractivity contribution in [2.24, 2.45) is 0 Å². The lowest BCUT2D eigenvalue weighted by Gasteiger charge is -2.20. The first-order valence-corrected chi connectivity index (χ1v) is 13.6. The second kappa shape index (κ2) is 11.3. The Kier molecular flexibility index (Phi) is 7.63. The number of nitrogens with one attached hydrogen (secondary N) is 1. The number of hydrogen-bond donors (Lipinski definition) is 1. The van der Waals surface area contributed by atoms with Crippen molar-refractivity contribution in [2.45, 2.75) is 30.7 Å². The highest BCUT2D eigenvalue weighted by Gasteiger charge is 2.26. The zero-order valence-corrected chi connectivity index (χ0v) is 22.6. The van der Waals surface area contributed by atoms with Gasteiger partial charge < -0.3 is 5.32 Å². The van der Waals surface area contributed by atoms with Gasteiger partial charge in [-0.1, -0.05) is 91.0 Å². The summed E-state index contributed by atoms with van der Waals surface area (Å²) in [5.74, 6) is -0.239. The molecule has 190 valence electrons. The summed E-state index contributed by atoms with van der Waals surface area (Å²) in [5.41, 5.74) is 4.60. The second-order valence-electron chi connectivity index (χ2n) is 8.93. The smallest absolute Gasteiger partial charge is 0.266 e. The first-order chi connectivity index (χ1) is 18.4. The summed E-state index contributed by atoms with van der Waals surface area (Å²) in [6.45, 7) is 4.00. The zero-order valence-electron chi connectivity index (χ0n) is 21.0. The van der Waals surface area contributed by atoms with E-state index in [-0.39, 0.29) is 11.5 Å². The summed E-state index contributed by atoms with van der Waals surface area (Å²) in [6, 6.07) is 30.1. The average molecular weight is 540 g/mol. The third-order valence-corrected chi connectivity index (χ3v) is 7.96. The van der Waals surface area contributed by atoms with Crippen molar-refractivity contribution in [3.8, 4) is 5.69 Å². The van der Waals surface area contributed by atoms with Gasteiger partial charge in [-0.25, -0.2) is 4.98 Å². The van der Waals surface area contributed by atoms with E-state index in [4.69, 9.17) is 16.6 Å². The number of nitrogens with zero attached hydrogens (tertiary/aromatic N) is 2. The van der Waals surface area contributed by atoms with E-state index in [2.05, 4.69) is 12.2 Å². The number of amides is 1. The molecule has 0 fully saturated rings. The van der Waals surface area contributed by atoms with Crippen LogP contribution in [0.3, 0.4) is 0 Å². The summed E-state index contributed by atoms with van der Waals surface area (Å²) in [7, 11) is 0. The third kappa shape index (κ3) is 5.37.